The molecule has 0 saturated carbocycles. The molecule has 18 nitrogen and oxygen atoms in total. The van der Waals surface area contributed by atoms with Crippen molar-refractivity contribution in [2.45, 2.75) is 26.4 Å². The molecule has 6 aromatic rings. The van der Waals surface area contributed by atoms with Crippen molar-refractivity contribution in [3.8, 4) is 22.5 Å². The molecular weight excluding hydrogens is 927 g/mol. The SMILES string of the molecule is CCCNC(=O)c1cccc(-c2nc(NCCN(C)C)nc3c2CNC(=O)N3c2c(F)cccc2F)c1.CN(C)CCNc1nc(-c2cccc(C(=O)O)c2)c2c(n1)N(c1c(F)cccc1F)C(=O)NC2. The fourth-order valence-corrected chi connectivity index (χ4v) is 7.50. The van der Waals surface area contributed by atoms with Gasteiger partial charge in [-0.3, -0.25) is 4.79 Å². The van der Waals surface area contributed by atoms with Crippen LogP contribution in [-0.2, 0) is 13.1 Å². The molecule has 71 heavy (non-hydrogen) atoms. The van der Waals surface area contributed by atoms with Gasteiger partial charge in [0.15, 0.2) is 11.6 Å². The number of nitrogens with zero attached hydrogens (tertiary/aromatic N) is 8. The molecule has 5 amide bonds. The van der Waals surface area contributed by atoms with Crippen molar-refractivity contribution >= 4 is 58.8 Å². The summed E-state index contributed by atoms with van der Waals surface area (Å²) >= 11 is 0. The summed E-state index contributed by atoms with van der Waals surface area (Å²) in [5.41, 5.74) is 2.08. The molecule has 0 atom stereocenters. The van der Waals surface area contributed by atoms with Crippen molar-refractivity contribution in [1.82, 2.24) is 45.7 Å². The zero-order valence-corrected chi connectivity index (χ0v) is 39.4. The van der Waals surface area contributed by atoms with Crippen molar-refractivity contribution in [2.75, 3.05) is 81.3 Å². The third-order valence-corrected chi connectivity index (χ3v) is 11.0. The Morgan fingerprint density at radius 2 is 1.03 bits per heavy atom. The van der Waals surface area contributed by atoms with Gasteiger partial charge in [0.05, 0.1) is 30.0 Å². The lowest BCUT2D eigenvalue weighted by Gasteiger charge is -2.30. The van der Waals surface area contributed by atoms with Gasteiger partial charge in [-0.15, -0.1) is 0 Å². The summed E-state index contributed by atoms with van der Waals surface area (Å²) in [6.45, 7) is 4.82. The Morgan fingerprint density at radius 3 is 1.44 bits per heavy atom. The molecule has 2 aliphatic heterocycles. The molecule has 22 heteroatoms. The molecule has 0 spiro atoms. The predicted molar refractivity (Wildman–Crippen MR) is 260 cm³/mol. The number of urea groups is 2. The van der Waals surface area contributed by atoms with Crippen LogP contribution < -0.4 is 36.4 Å². The Morgan fingerprint density at radius 1 is 0.620 bits per heavy atom. The lowest BCUT2D eigenvalue weighted by molar-refractivity contribution is 0.0696. The van der Waals surface area contributed by atoms with Crippen LogP contribution in [0.2, 0.25) is 0 Å². The molecule has 6 N–H and O–H groups in total. The van der Waals surface area contributed by atoms with E-state index < -0.39 is 52.7 Å². The number of carbonyl (C=O) groups is 4. The van der Waals surface area contributed by atoms with Crippen LogP contribution in [0, 0.1) is 23.3 Å². The van der Waals surface area contributed by atoms with Gasteiger partial charge in [0, 0.05) is 60.5 Å². The molecular formula is C49H51F4N13O5. The maximum absolute atomic E-state index is 14.8. The quantitative estimate of drug-likeness (QED) is 0.0525. The predicted octanol–water partition coefficient (Wildman–Crippen LogP) is 7.35. The number of rotatable bonds is 16. The number of halogens is 4. The molecule has 2 aromatic heterocycles. The van der Waals surface area contributed by atoms with E-state index in [9.17, 15) is 41.8 Å². The van der Waals surface area contributed by atoms with Gasteiger partial charge in [-0.2, -0.15) is 9.97 Å². The lowest BCUT2D eigenvalue weighted by Crippen LogP contribution is -2.43. The fraction of sp³-hybridized carbons (Fsp3) is 0.265. The molecule has 0 bridgehead atoms. The van der Waals surface area contributed by atoms with Crippen molar-refractivity contribution in [1.29, 1.82) is 0 Å². The first-order valence-corrected chi connectivity index (χ1v) is 22.4. The zero-order valence-electron chi connectivity index (χ0n) is 39.4. The lowest BCUT2D eigenvalue weighted by atomic mass is 10.0. The van der Waals surface area contributed by atoms with E-state index in [0.29, 0.717) is 71.9 Å². The van der Waals surface area contributed by atoms with E-state index in [1.54, 1.807) is 36.4 Å². The van der Waals surface area contributed by atoms with Crippen LogP contribution in [0.15, 0.2) is 84.9 Å². The van der Waals surface area contributed by atoms with Gasteiger partial charge in [-0.25, -0.2) is 51.7 Å². The monoisotopic (exact) mass is 977 g/mol. The summed E-state index contributed by atoms with van der Waals surface area (Å²) in [6.07, 6.45) is 0.801. The molecule has 0 fully saturated rings. The first kappa shape index (κ1) is 50.6. The van der Waals surface area contributed by atoms with Crippen LogP contribution in [-0.4, -0.2) is 120 Å². The Balaban J connectivity index is 0.000000209. The number of carboxylic acid groups (broad SMARTS) is 1. The Labute approximate surface area is 406 Å². The summed E-state index contributed by atoms with van der Waals surface area (Å²) in [7, 11) is 7.63. The second-order valence-corrected chi connectivity index (χ2v) is 16.7. The molecule has 0 unspecified atom stereocenters. The van der Waals surface area contributed by atoms with Gasteiger partial charge in [-0.1, -0.05) is 43.3 Å². The maximum atomic E-state index is 14.8. The molecule has 0 saturated heterocycles. The Hall–Kier alpha value is -8.24. The third-order valence-electron chi connectivity index (χ3n) is 11.0. The zero-order chi connectivity index (χ0) is 50.9. The van der Waals surface area contributed by atoms with Crippen LogP contribution in [0.1, 0.15) is 45.2 Å². The highest BCUT2D eigenvalue weighted by Gasteiger charge is 2.36. The average Bonchev–Trinajstić information content (AvgIpc) is 3.34. The summed E-state index contributed by atoms with van der Waals surface area (Å²) < 4.78 is 58.9. The van der Waals surface area contributed by atoms with Crippen molar-refractivity contribution in [3.63, 3.8) is 0 Å². The van der Waals surface area contributed by atoms with Crippen LogP contribution >= 0.6 is 0 Å². The number of amides is 5. The molecule has 0 aliphatic carbocycles. The standard InChI is InChI=1S/C26H29F2N7O2.C23H22F2N6O3/c1-4-11-29-24(36)17-8-5-7-16(14-17)21-18-15-31-26(37)35(22-19(27)9-6-10-20(22)28)23(18)33-25(32-21)30-12-13-34(2)3;1-30(2)10-9-26-22-28-18(13-5-3-6-14(11-13)21(32)33)15-12-27-23(34)31(20(15)29-22)19-16(24)7-4-8-17(19)25/h5-10,14H,4,11-13,15H2,1-3H3,(H,29,36)(H,31,37)(H,30,32,33);3-8,11H,9-10,12H2,1-2H3,(H,27,34)(H,32,33)(H,26,28,29). The number of benzene rings is 4. The molecule has 0 radical (unpaired) electrons. The van der Waals surface area contributed by atoms with Gasteiger partial charge < -0.3 is 41.5 Å². The van der Waals surface area contributed by atoms with E-state index in [1.165, 1.54) is 24.3 Å². The van der Waals surface area contributed by atoms with Crippen LogP contribution in [0.4, 0.5) is 62.1 Å². The highest BCUT2D eigenvalue weighted by molar-refractivity contribution is 6.03. The highest BCUT2D eigenvalue weighted by Crippen LogP contribution is 2.40. The van der Waals surface area contributed by atoms with E-state index in [1.807, 2.05) is 44.9 Å². The molecule has 2 aliphatic rings. The normalized spacial score (nSPS) is 12.9. The molecule has 4 heterocycles. The fourth-order valence-electron chi connectivity index (χ4n) is 7.50. The number of aromatic carboxylic acids is 1. The average molecular weight is 978 g/mol. The largest absolute Gasteiger partial charge is 0.478 e. The van der Waals surface area contributed by atoms with Gasteiger partial charge in [0.25, 0.3) is 5.91 Å². The van der Waals surface area contributed by atoms with E-state index in [0.717, 1.165) is 40.5 Å². The summed E-state index contributed by atoms with van der Waals surface area (Å²) in [5.74, 6) is -4.62. The maximum Gasteiger partial charge on any atom is 0.335 e. The topological polar surface area (TPSA) is 213 Å². The first-order valence-electron chi connectivity index (χ1n) is 22.4. The number of hydrogen-bond acceptors (Lipinski definition) is 12. The Bertz CT molecular complexity index is 2940. The Kier molecular flexibility index (Phi) is 16.0. The molecule has 370 valence electrons. The number of likely N-dealkylation sites (N-methyl/N-ethyl adjacent to an activating group) is 2. The van der Waals surface area contributed by atoms with Gasteiger partial charge in [0.2, 0.25) is 11.9 Å². The molecule has 4 aromatic carbocycles. The van der Waals surface area contributed by atoms with Crippen LogP contribution in [0.3, 0.4) is 0 Å². The van der Waals surface area contributed by atoms with E-state index in [2.05, 4.69) is 46.5 Å². The number of hydrogen-bond donors (Lipinski definition) is 6. The van der Waals surface area contributed by atoms with E-state index in [-0.39, 0.29) is 48.1 Å². The van der Waals surface area contributed by atoms with Gasteiger partial charge >= 0.3 is 18.0 Å². The highest BCUT2D eigenvalue weighted by atomic mass is 19.1. The van der Waals surface area contributed by atoms with Crippen molar-refractivity contribution in [2.24, 2.45) is 0 Å². The van der Waals surface area contributed by atoms with Crippen molar-refractivity contribution in [3.05, 3.63) is 130 Å². The number of carboxylic acids is 1. The minimum Gasteiger partial charge on any atom is -0.478 e. The van der Waals surface area contributed by atoms with Crippen LogP contribution in [0.25, 0.3) is 22.5 Å². The summed E-state index contributed by atoms with van der Waals surface area (Å²) in [4.78, 5) is 73.6. The van der Waals surface area contributed by atoms with Gasteiger partial charge in [0.1, 0.15) is 34.6 Å². The number of anilines is 6. The van der Waals surface area contributed by atoms with Gasteiger partial charge in [-0.05, 0) is 83.1 Å². The first-order chi connectivity index (χ1) is 34.1. The molecule has 8 rings (SSSR count). The summed E-state index contributed by atoms with van der Waals surface area (Å²) in [5, 5.41) is 23.7. The minimum atomic E-state index is -1.11. The van der Waals surface area contributed by atoms with Crippen molar-refractivity contribution < 1.29 is 41.8 Å². The number of nitrogens with one attached hydrogen (secondary N) is 5. The number of para-hydroxylation sites is 2. The second-order valence-electron chi connectivity index (χ2n) is 16.7. The van der Waals surface area contributed by atoms with Crippen LogP contribution in [0.5, 0.6) is 0 Å². The number of carbonyl (C=O) groups excluding carboxylic acids is 3. The number of fused-ring (bicyclic) bond motifs is 2. The van der Waals surface area contributed by atoms with E-state index >= 15 is 0 Å². The number of aromatic nitrogens is 4. The van der Waals surface area contributed by atoms with E-state index in [4.69, 9.17) is 0 Å². The third kappa shape index (κ3) is 11.6. The second kappa shape index (κ2) is 22.5. The minimum absolute atomic E-state index is 0.00540. The smallest absolute Gasteiger partial charge is 0.335 e. The summed E-state index contributed by atoms with van der Waals surface area (Å²) in [6, 6.07) is 18.3.